The molecule has 0 spiro atoms. The van der Waals surface area contributed by atoms with Crippen molar-refractivity contribution < 1.29 is 14.3 Å². The molecule has 0 radical (unpaired) electrons. The van der Waals surface area contributed by atoms with Crippen LogP contribution in [0.5, 0.6) is 5.75 Å². The van der Waals surface area contributed by atoms with Crippen LogP contribution < -0.4 is 10.1 Å². The molecule has 2 amide bonds. The van der Waals surface area contributed by atoms with Gasteiger partial charge in [0.2, 0.25) is 0 Å². The second kappa shape index (κ2) is 10.5. The highest BCUT2D eigenvalue weighted by Gasteiger charge is 2.04. The summed E-state index contributed by atoms with van der Waals surface area (Å²) in [4.78, 5) is 32.4. The van der Waals surface area contributed by atoms with Crippen molar-refractivity contribution in [3.05, 3.63) is 34.7 Å². The number of ether oxygens (including phenoxy) is 1. The minimum atomic E-state index is -0.577. The topological polar surface area (TPSA) is 84.8 Å². The third kappa shape index (κ3) is 6.97. The lowest BCUT2D eigenvalue weighted by Crippen LogP contribution is -2.24. The molecule has 120 valence electrons. The highest BCUT2D eigenvalue weighted by molar-refractivity contribution is 5.94. The molecule has 0 aliphatic rings. The third-order valence-corrected chi connectivity index (χ3v) is 3.31. The van der Waals surface area contributed by atoms with Crippen LogP contribution in [-0.2, 0) is 4.79 Å². The molecule has 0 unspecified atom stereocenters. The number of benzene rings is 1. The van der Waals surface area contributed by atoms with Crippen molar-refractivity contribution in [2.45, 2.75) is 38.5 Å². The van der Waals surface area contributed by atoms with Gasteiger partial charge in [-0.25, -0.2) is 0 Å². The monoisotopic (exact) mass is 306 g/mol. The van der Waals surface area contributed by atoms with Gasteiger partial charge in [-0.2, -0.15) is 0 Å². The number of unbranched alkanes of at least 4 members (excludes halogenated alkanes) is 4. The fourth-order valence-electron chi connectivity index (χ4n) is 2.02. The maximum atomic E-state index is 11.9. The first-order valence-corrected chi connectivity index (χ1v) is 7.46. The molecule has 22 heavy (non-hydrogen) atoms. The van der Waals surface area contributed by atoms with E-state index in [1.165, 1.54) is 0 Å². The highest BCUT2D eigenvalue weighted by atomic mass is 16.5. The molecule has 0 aromatic heterocycles. The normalized spacial score (nSPS) is 10.0. The second-order valence-corrected chi connectivity index (χ2v) is 4.99. The van der Waals surface area contributed by atoms with E-state index in [0.717, 1.165) is 31.4 Å². The standard InChI is InChI=1S/C16H22N2O4/c1-22-14-10-8-13(9-11-14)16(20)17-12-6-4-2-3-5-7-15(19)18-21/h8-11H,2-7,12H2,1H3,(H,17,20). The fourth-order valence-corrected chi connectivity index (χ4v) is 2.02. The summed E-state index contributed by atoms with van der Waals surface area (Å²) in [5.41, 5.74) is 0.612. The maximum Gasteiger partial charge on any atom is 0.286 e. The number of rotatable bonds is 10. The van der Waals surface area contributed by atoms with Crippen LogP contribution in [-0.4, -0.2) is 25.5 Å². The summed E-state index contributed by atoms with van der Waals surface area (Å²) in [7, 11) is 1.58. The Kier molecular flexibility index (Phi) is 8.49. The summed E-state index contributed by atoms with van der Waals surface area (Å²) in [6, 6.07) is 6.97. The lowest BCUT2D eigenvalue weighted by molar-refractivity contribution is -0.118. The molecule has 0 fully saturated rings. The first kappa shape index (κ1) is 17.8. The Hall–Kier alpha value is -2.24. The van der Waals surface area contributed by atoms with E-state index in [1.807, 2.05) is 0 Å². The molecule has 0 saturated heterocycles. The first-order valence-electron chi connectivity index (χ1n) is 7.46. The van der Waals surface area contributed by atoms with Crippen molar-refractivity contribution in [2.75, 3.05) is 13.7 Å². The van der Waals surface area contributed by atoms with Gasteiger partial charge in [-0.05, 0) is 37.1 Å². The van der Waals surface area contributed by atoms with Crippen LogP contribution >= 0.6 is 0 Å². The van der Waals surface area contributed by atoms with Crippen LogP contribution in [0.2, 0.25) is 0 Å². The number of nitrogens with zero attached hydrogens (tertiary/aromatic N) is 1. The van der Waals surface area contributed by atoms with Crippen molar-refractivity contribution in [3.63, 3.8) is 0 Å². The van der Waals surface area contributed by atoms with Gasteiger partial charge in [-0.3, -0.25) is 9.59 Å². The lowest BCUT2D eigenvalue weighted by Gasteiger charge is -2.06. The smallest absolute Gasteiger partial charge is 0.286 e. The fraction of sp³-hybridized carbons (Fsp3) is 0.500. The molecule has 0 saturated carbocycles. The molecule has 1 aromatic rings. The molecular weight excluding hydrogens is 284 g/mol. The number of nitroso groups, excluding NO2 is 1. The van der Waals surface area contributed by atoms with Gasteiger partial charge in [0.25, 0.3) is 11.8 Å². The summed E-state index contributed by atoms with van der Waals surface area (Å²) < 4.78 is 5.04. The zero-order valence-corrected chi connectivity index (χ0v) is 12.8. The van der Waals surface area contributed by atoms with E-state index in [2.05, 4.69) is 10.5 Å². The number of carbonyl (C=O) groups is 2. The first-order chi connectivity index (χ1) is 10.7. The minimum Gasteiger partial charge on any atom is -0.497 e. The Morgan fingerprint density at radius 2 is 1.68 bits per heavy atom. The third-order valence-electron chi connectivity index (χ3n) is 3.31. The van der Waals surface area contributed by atoms with E-state index < -0.39 is 5.91 Å². The van der Waals surface area contributed by atoms with E-state index in [-0.39, 0.29) is 12.3 Å². The van der Waals surface area contributed by atoms with Gasteiger partial charge in [0.05, 0.1) is 7.11 Å². The summed E-state index contributed by atoms with van der Waals surface area (Å²) >= 11 is 0. The van der Waals surface area contributed by atoms with Crippen LogP contribution in [0.4, 0.5) is 0 Å². The van der Waals surface area contributed by atoms with E-state index in [0.29, 0.717) is 18.5 Å². The summed E-state index contributed by atoms with van der Waals surface area (Å²) in [5, 5.41) is 5.22. The Balaban J connectivity index is 2.07. The molecule has 0 aliphatic heterocycles. The van der Waals surface area contributed by atoms with Crippen molar-refractivity contribution in [1.29, 1.82) is 0 Å². The van der Waals surface area contributed by atoms with Crippen LogP contribution in [0.25, 0.3) is 0 Å². The quantitative estimate of drug-likeness (QED) is 0.532. The number of amides is 2. The van der Waals surface area contributed by atoms with Gasteiger partial charge in [0, 0.05) is 23.7 Å². The van der Waals surface area contributed by atoms with Crippen LogP contribution in [0.1, 0.15) is 48.9 Å². The maximum absolute atomic E-state index is 11.9. The SMILES string of the molecule is COc1ccc(C(=O)NCCCCCCCC(=O)N=O)cc1. The Labute approximate surface area is 130 Å². The summed E-state index contributed by atoms with van der Waals surface area (Å²) in [5.74, 6) is 0.0527. The van der Waals surface area contributed by atoms with E-state index in [4.69, 9.17) is 4.74 Å². The lowest BCUT2D eigenvalue weighted by atomic mass is 10.1. The van der Waals surface area contributed by atoms with Gasteiger partial charge in [-0.15, -0.1) is 4.91 Å². The number of carbonyl (C=O) groups excluding carboxylic acids is 2. The average molecular weight is 306 g/mol. The molecule has 0 bridgehead atoms. The van der Waals surface area contributed by atoms with Crippen molar-refractivity contribution in [3.8, 4) is 5.75 Å². The van der Waals surface area contributed by atoms with Gasteiger partial charge in [0.1, 0.15) is 5.75 Å². The number of hydrogen-bond donors (Lipinski definition) is 1. The van der Waals surface area contributed by atoms with Crippen molar-refractivity contribution in [1.82, 2.24) is 5.32 Å². The number of methoxy groups -OCH3 is 1. The zero-order valence-electron chi connectivity index (χ0n) is 12.8. The molecule has 0 atom stereocenters. The van der Waals surface area contributed by atoms with E-state index in [1.54, 1.807) is 31.4 Å². The number of hydrogen-bond acceptors (Lipinski definition) is 4. The average Bonchev–Trinajstić information content (AvgIpc) is 2.56. The predicted molar refractivity (Wildman–Crippen MR) is 83.8 cm³/mol. The van der Waals surface area contributed by atoms with Gasteiger partial charge < -0.3 is 10.1 Å². The molecule has 1 aromatic carbocycles. The predicted octanol–water partition coefficient (Wildman–Crippen LogP) is 3.06. The summed E-state index contributed by atoms with van der Waals surface area (Å²) in [6.45, 7) is 0.625. The largest absolute Gasteiger partial charge is 0.497 e. The molecule has 1 N–H and O–H groups in total. The van der Waals surface area contributed by atoms with E-state index in [9.17, 15) is 14.5 Å². The number of nitrogens with one attached hydrogen (secondary N) is 1. The van der Waals surface area contributed by atoms with Crippen LogP contribution in [0, 0.1) is 4.91 Å². The van der Waals surface area contributed by atoms with Crippen molar-refractivity contribution in [2.24, 2.45) is 5.18 Å². The molecule has 1 rings (SSSR count). The minimum absolute atomic E-state index is 0.0923. The van der Waals surface area contributed by atoms with Gasteiger partial charge >= 0.3 is 0 Å². The van der Waals surface area contributed by atoms with Gasteiger partial charge in [0.15, 0.2) is 0 Å². The second-order valence-electron chi connectivity index (χ2n) is 4.99. The van der Waals surface area contributed by atoms with Crippen molar-refractivity contribution >= 4 is 11.8 Å². The van der Waals surface area contributed by atoms with Crippen LogP contribution in [0.3, 0.4) is 0 Å². The van der Waals surface area contributed by atoms with Crippen LogP contribution in [0.15, 0.2) is 29.4 Å². The molecule has 6 nitrogen and oxygen atoms in total. The van der Waals surface area contributed by atoms with E-state index >= 15 is 0 Å². The molecular formula is C16H22N2O4. The molecule has 0 heterocycles. The molecule has 0 aliphatic carbocycles. The summed E-state index contributed by atoms with van der Waals surface area (Å²) in [6.07, 6.45) is 4.67. The Bertz CT molecular complexity index is 485. The van der Waals surface area contributed by atoms with Gasteiger partial charge in [-0.1, -0.05) is 19.3 Å². The highest BCUT2D eigenvalue weighted by Crippen LogP contribution is 2.11. The molecule has 6 heteroatoms. The Morgan fingerprint density at radius 1 is 1.05 bits per heavy atom. The Morgan fingerprint density at radius 3 is 2.32 bits per heavy atom. The zero-order chi connectivity index (χ0) is 16.2.